The lowest BCUT2D eigenvalue weighted by Gasteiger charge is -2.19. The summed E-state index contributed by atoms with van der Waals surface area (Å²) in [7, 11) is 0. The fourth-order valence-corrected chi connectivity index (χ4v) is 3.70. The van der Waals surface area contributed by atoms with Crippen LogP contribution in [-0.2, 0) is 14.4 Å². The van der Waals surface area contributed by atoms with E-state index in [4.69, 9.17) is 0 Å². The molecule has 1 aliphatic heterocycles. The lowest BCUT2D eigenvalue weighted by molar-refractivity contribution is -0.140. The highest BCUT2D eigenvalue weighted by Gasteiger charge is 2.47. The monoisotopic (exact) mass is 292 g/mol. The van der Waals surface area contributed by atoms with Crippen LogP contribution >= 0.6 is 0 Å². The van der Waals surface area contributed by atoms with Gasteiger partial charge in [0.15, 0.2) is 0 Å². The molecule has 1 saturated heterocycles. The van der Waals surface area contributed by atoms with Crippen LogP contribution in [-0.4, -0.2) is 35.2 Å². The maximum atomic E-state index is 12.3. The van der Waals surface area contributed by atoms with Crippen molar-refractivity contribution in [3.05, 3.63) is 0 Å². The molecule has 2 aliphatic carbocycles. The molecule has 5 heteroatoms. The van der Waals surface area contributed by atoms with E-state index in [9.17, 15) is 14.4 Å². The SMILES string of the molecule is CC(NC(=O)CCN1C(=O)C2CCCCC2C1=O)C1CC1. The molecule has 3 fully saturated rings. The van der Waals surface area contributed by atoms with E-state index in [2.05, 4.69) is 5.32 Å². The van der Waals surface area contributed by atoms with Gasteiger partial charge in [-0.05, 0) is 38.5 Å². The van der Waals surface area contributed by atoms with Gasteiger partial charge in [0.25, 0.3) is 0 Å². The molecule has 0 spiro atoms. The third kappa shape index (κ3) is 2.97. The van der Waals surface area contributed by atoms with Crippen LogP contribution in [0.25, 0.3) is 0 Å². The zero-order valence-electron chi connectivity index (χ0n) is 12.6. The Hall–Kier alpha value is -1.39. The van der Waals surface area contributed by atoms with Crippen LogP contribution in [0.1, 0.15) is 51.9 Å². The van der Waals surface area contributed by atoms with Crippen LogP contribution in [0, 0.1) is 17.8 Å². The first-order valence-electron chi connectivity index (χ1n) is 8.22. The Morgan fingerprint density at radius 1 is 1.14 bits per heavy atom. The van der Waals surface area contributed by atoms with E-state index in [-0.39, 0.29) is 48.6 Å². The van der Waals surface area contributed by atoms with Gasteiger partial charge in [-0.2, -0.15) is 0 Å². The predicted octanol–water partition coefficient (Wildman–Crippen LogP) is 1.47. The molecule has 3 rings (SSSR count). The Morgan fingerprint density at radius 2 is 1.71 bits per heavy atom. The maximum Gasteiger partial charge on any atom is 0.233 e. The number of likely N-dealkylation sites (tertiary alicyclic amines) is 1. The highest BCUT2D eigenvalue weighted by Crippen LogP contribution is 2.38. The summed E-state index contributed by atoms with van der Waals surface area (Å²) in [6.07, 6.45) is 6.34. The third-order valence-corrected chi connectivity index (χ3v) is 5.21. The second-order valence-corrected chi connectivity index (χ2v) is 6.77. The van der Waals surface area contributed by atoms with Crippen LogP contribution in [0.3, 0.4) is 0 Å². The summed E-state index contributed by atoms with van der Waals surface area (Å²) in [5.74, 6) is 0.247. The molecule has 5 nitrogen and oxygen atoms in total. The van der Waals surface area contributed by atoms with Crippen LogP contribution in [0.5, 0.6) is 0 Å². The topological polar surface area (TPSA) is 66.5 Å². The number of carbonyl (C=O) groups excluding carboxylic acids is 3. The van der Waals surface area contributed by atoms with Crippen molar-refractivity contribution in [3.8, 4) is 0 Å². The number of carbonyl (C=O) groups is 3. The van der Waals surface area contributed by atoms with Crippen molar-refractivity contribution in [2.24, 2.45) is 17.8 Å². The lowest BCUT2D eigenvalue weighted by Crippen LogP contribution is -2.38. The number of imide groups is 1. The molecule has 0 aromatic carbocycles. The molecule has 21 heavy (non-hydrogen) atoms. The van der Waals surface area contributed by atoms with Crippen molar-refractivity contribution in [1.29, 1.82) is 0 Å². The highest BCUT2D eigenvalue weighted by atomic mass is 16.2. The van der Waals surface area contributed by atoms with Gasteiger partial charge < -0.3 is 5.32 Å². The molecule has 3 unspecified atom stereocenters. The molecule has 0 bridgehead atoms. The van der Waals surface area contributed by atoms with Gasteiger partial charge in [0.2, 0.25) is 17.7 Å². The molecule has 2 saturated carbocycles. The van der Waals surface area contributed by atoms with Crippen molar-refractivity contribution in [2.75, 3.05) is 6.54 Å². The van der Waals surface area contributed by atoms with Gasteiger partial charge in [0.05, 0.1) is 11.8 Å². The first kappa shape index (κ1) is 14.5. The smallest absolute Gasteiger partial charge is 0.233 e. The van der Waals surface area contributed by atoms with Crippen LogP contribution in [0.4, 0.5) is 0 Å². The maximum absolute atomic E-state index is 12.3. The van der Waals surface area contributed by atoms with E-state index in [0.717, 1.165) is 25.7 Å². The van der Waals surface area contributed by atoms with Crippen LogP contribution < -0.4 is 5.32 Å². The van der Waals surface area contributed by atoms with Crippen molar-refractivity contribution >= 4 is 17.7 Å². The molecule has 3 aliphatic rings. The Labute approximate surface area is 125 Å². The summed E-state index contributed by atoms with van der Waals surface area (Å²) in [6, 6.07) is 0.213. The van der Waals surface area contributed by atoms with Crippen LogP contribution in [0.15, 0.2) is 0 Å². The number of hydrogen-bond acceptors (Lipinski definition) is 3. The minimum absolute atomic E-state index is 0.0484. The van der Waals surface area contributed by atoms with E-state index in [1.807, 2.05) is 6.92 Å². The van der Waals surface area contributed by atoms with Gasteiger partial charge in [-0.1, -0.05) is 12.8 Å². The fourth-order valence-electron chi connectivity index (χ4n) is 3.70. The Kier molecular flexibility index (Phi) is 4.00. The van der Waals surface area contributed by atoms with Crippen molar-refractivity contribution in [3.63, 3.8) is 0 Å². The second kappa shape index (κ2) is 5.78. The van der Waals surface area contributed by atoms with E-state index < -0.39 is 0 Å². The minimum Gasteiger partial charge on any atom is -0.353 e. The minimum atomic E-state index is -0.111. The molecule has 0 radical (unpaired) electrons. The van der Waals surface area contributed by atoms with Gasteiger partial charge in [-0.3, -0.25) is 19.3 Å². The van der Waals surface area contributed by atoms with Gasteiger partial charge in [0.1, 0.15) is 0 Å². The van der Waals surface area contributed by atoms with E-state index >= 15 is 0 Å². The standard InChI is InChI=1S/C16H24N2O3/c1-10(11-6-7-11)17-14(19)8-9-18-15(20)12-4-2-3-5-13(12)16(18)21/h10-13H,2-9H2,1H3,(H,17,19). The first-order valence-corrected chi connectivity index (χ1v) is 8.22. The van der Waals surface area contributed by atoms with Gasteiger partial charge in [0, 0.05) is 19.0 Å². The zero-order chi connectivity index (χ0) is 15.0. The molecule has 1 N–H and O–H groups in total. The molecular formula is C16H24N2O3. The summed E-state index contributed by atoms with van der Waals surface area (Å²) < 4.78 is 0. The van der Waals surface area contributed by atoms with Gasteiger partial charge in [-0.15, -0.1) is 0 Å². The van der Waals surface area contributed by atoms with Gasteiger partial charge in [-0.25, -0.2) is 0 Å². The van der Waals surface area contributed by atoms with E-state index in [1.165, 1.54) is 17.7 Å². The molecule has 1 heterocycles. The van der Waals surface area contributed by atoms with Crippen molar-refractivity contribution in [1.82, 2.24) is 10.2 Å². The average Bonchev–Trinajstić information content (AvgIpc) is 3.28. The third-order valence-electron chi connectivity index (χ3n) is 5.21. The average molecular weight is 292 g/mol. The second-order valence-electron chi connectivity index (χ2n) is 6.77. The molecular weight excluding hydrogens is 268 g/mol. The molecule has 0 aromatic rings. The van der Waals surface area contributed by atoms with Crippen molar-refractivity contribution in [2.45, 2.75) is 57.9 Å². The Balaban J connectivity index is 1.51. The summed E-state index contributed by atoms with van der Waals surface area (Å²) in [5.41, 5.74) is 0. The number of fused-ring (bicyclic) bond motifs is 1. The largest absolute Gasteiger partial charge is 0.353 e. The molecule has 3 atom stereocenters. The van der Waals surface area contributed by atoms with Crippen molar-refractivity contribution < 1.29 is 14.4 Å². The Bertz CT molecular complexity index is 434. The summed E-state index contributed by atoms with van der Waals surface area (Å²) in [4.78, 5) is 37.8. The quantitative estimate of drug-likeness (QED) is 0.780. The van der Waals surface area contributed by atoms with E-state index in [1.54, 1.807) is 0 Å². The predicted molar refractivity (Wildman–Crippen MR) is 77.1 cm³/mol. The van der Waals surface area contributed by atoms with Crippen LogP contribution in [0.2, 0.25) is 0 Å². The molecule has 3 amide bonds. The zero-order valence-corrected chi connectivity index (χ0v) is 12.6. The number of hydrogen-bond donors (Lipinski definition) is 1. The number of nitrogens with zero attached hydrogens (tertiary/aromatic N) is 1. The van der Waals surface area contributed by atoms with E-state index in [0.29, 0.717) is 5.92 Å². The fraction of sp³-hybridized carbons (Fsp3) is 0.812. The number of rotatable bonds is 5. The highest BCUT2D eigenvalue weighted by molar-refractivity contribution is 6.05. The number of nitrogens with one attached hydrogen (secondary N) is 1. The summed E-state index contributed by atoms with van der Waals surface area (Å²) in [6.45, 7) is 2.27. The Morgan fingerprint density at radius 3 is 2.24 bits per heavy atom. The summed E-state index contributed by atoms with van der Waals surface area (Å²) >= 11 is 0. The normalized spacial score (nSPS) is 30.2. The molecule has 116 valence electrons. The summed E-state index contributed by atoms with van der Waals surface area (Å²) in [5, 5.41) is 2.97. The number of amides is 3. The first-order chi connectivity index (χ1) is 10.1. The van der Waals surface area contributed by atoms with Gasteiger partial charge >= 0.3 is 0 Å². The molecule has 0 aromatic heterocycles. The lowest BCUT2D eigenvalue weighted by atomic mass is 9.81.